The van der Waals surface area contributed by atoms with Gasteiger partial charge in [-0.15, -0.1) is 0 Å². The molecule has 0 radical (unpaired) electrons. The molecule has 142 valence electrons. The molecule has 0 spiro atoms. The average Bonchev–Trinajstić information content (AvgIpc) is 3.15. The maximum absolute atomic E-state index is 13.7. The van der Waals surface area contributed by atoms with Crippen molar-refractivity contribution in [2.45, 2.75) is 13.3 Å². The minimum atomic E-state index is -0.431. The van der Waals surface area contributed by atoms with Crippen LogP contribution in [0.15, 0.2) is 54.8 Å². The highest BCUT2D eigenvalue weighted by Crippen LogP contribution is 2.29. The molecule has 27 heavy (non-hydrogen) atoms. The first-order valence-electron chi connectivity index (χ1n) is 9.08. The number of pyridine rings is 1. The fraction of sp³-hybridized carbons (Fsp3) is 0.333. The molecule has 1 amide bonds. The summed E-state index contributed by atoms with van der Waals surface area (Å²) in [6.07, 6.45) is 5.77. The Kier molecular flexibility index (Phi) is 6.06. The number of rotatable bonds is 6. The lowest BCUT2D eigenvalue weighted by Gasteiger charge is -2.19. The number of aromatic nitrogens is 1. The summed E-state index contributed by atoms with van der Waals surface area (Å²) in [6, 6.07) is 6.63. The maximum Gasteiger partial charge on any atom is 0.407 e. The van der Waals surface area contributed by atoms with Gasteiger partial charge in [0.25, 0.3) is 0 Å². The normalized spacial score (nSPS) is 17.2. The van der Waals surface area contributed by atoms with E-state index in [0.29, 0.717) is 12.5 Å². The molecule has 3 rings (SSSR count). The summed E-state index contributed by atoms with van der Waals surface area (Å²) in [4.78, 5) is 18.4. The third-order valence-electron chi connectivity index (χ3n) is 4.83. The number of nitrogens with zero attached hydrogens (tertiary/aromatic N) is 2. The fourth-order valence-corrected chi connectivity index (χ4v) is 3.26. The van der Waals surface area contributed by atoms with E-state index in [4.69, 9.17) is 4.74 Å². The van der Waals surface area contributed by atoms with Crippen molar-refractivity contribution < 1.29 is 13.9 Å². The van der Waals surface area contributed by atoms with E-state index < -0.39 is 6.09 Å². The largest absolute Gasteiger partial charge is 0.445 e. The van der Waals surface area contributed by atoms with E-state index in [0.717, 1.165) is 41.7 Å². The lowest BCUT2D eigenvalue weighted by atomic mass is 10.1. The number of fused-ring (bicyclic) bond motifs is 1. The number of nitrogens with one attached hydrogen (secondary N) is 1. The number of ether oxygens (including phenoxy) is 1. The number of benzene rings is 1. The lowest BCUT2D eigenvalue weighted by Crippen LogP contribution is -2.32. The summed E-state index contributed by atoms with van der Waals surface area (Å²) < 4.78 is 18.8. The van der Waals surface area contributed by atoms with Crippen LogP contribution in [-0.2, 0) is 4.74 Å². The van der Waals surface area contributed by atoms with Crippen LogP contribution in [0.5, 0.6) is 0 Å². The van der Waals surface area contributed by atoms with E-state index in [9.17, 15) is 9.18 Å². The van der Waals surface area contributed by atoms with Gasteiger partial charge in [0.1, 0.15) is 18.2 Å². The van der Waals surface area contributed by atoms with Crippen LogP contribution < -0.4 is 10.2 Å². The number of anilines is 1. The summed E-state index contributed by atoms with van der Waals surface area (Å²) >= 11 is 0. The molecule has 1 saturated heterocycles. The standard InChI is InChI=1S/C21H24FN3O2/c1-3-15(4-2)14-27-21(26)24-12-16-8-10-25(13-16)20-19-11-18(22)6-5-17(19)7-9-23-20/h3-7,9,11,16H,1,8,10,12-14H2,2H3,(H,24,26)/b15-4+. The van der Waals surface area contributed by atoms with Gasteiger partial charge in [0, 0.05) is 31.2 Å². The first kappa shape index (κ1) is 18.9. The smallest absolute Gasteiger partial charge is 0.407 e. The van der Waals surface area contributed by atoms with Crippen molar-refractivity contribution in [2.24, 2.45) is 5.92 Å². The molecular formula is C21H24FN3O2. The van der Waals surface area contributed by atoms with Crippen molar-refractivity contribution in [3.05, 3.63) is 60.6 Å². The van der Waals surface area contributed by atoms with Crippen molar-refractivity contribution >= 4 is 22.7 Å². The SMILES string of the molecule is C=C/C(=C\C)COC(=O)NCC1CCN(c2nccc3ccc(F)cc23)C1. The predicted molar refractivity (Wildman–Crippen MR) is 105 cm³/mol. The minimum Gasteiger partial charge on any atom is -0.445 e. The van der Waals surface area contributed by atoms with E-state index in [1.165, 1.54) is 12.1 Å². The van der Waals surface area contributed by atoms with E-state index in [1.807, 2.05) is 19.1 Å². The van der Waals surface area contributed by atoms with E-state index in [-0.39, 0.29) is 12.4 Å². The molecule has 0 aliphatic carbocycles. The summed E-state index contributed by atoms with van der Waals surface area (Å²) in [5, 5.41) is 4.60. The summed E-state index contributed by atoms with van der Waals surface area (Å²) in [5.74, 6) is 0.821. The highest BCUT2D eigenvalue weighted by Gasteiger charge is 2.25. The molecular weight excluding hydrogens is 345 g/mol. The van der Waals surface area contributed by atoms with Gasteiger partial charge in [-0.25, -0.2) is 14.2 Å². The topological polar surface area (TPSA) is 54.5 Å². The van der Waals surface area contributed by atoms with Gasteiger partial charge in [0.05, 0.1) is 0 Å². The molecule has 1 aromatic carbocycles. The number of hydrogen-bond donors (Lipinski definition) is 1. The monoisotopic (exact) mass is 369 g/mol. The molecule has 1 fully saturated rings. The number of allylic oxidation sites excluding steroid dienone is 1. The highest BCUT2D eigenvalue weighted by molar-refractivity contribution is 5.92. The zero-order chi connectivity index (χ0) is 19.2. The Morgan fingerprint density at radius 2 is 2.33 bits per heavy atom. The third kappa shape index (κ3) is 4.64. The first-order valence-corrected chi connectivity index (χ1v) is 9.08. The van der Waals surface area contributed by atoms with Crippen LogP contribution in [-0.4, -0.2) is 37.3 Å². The zero-order valence-electron chi connectivity index (χ0n) is 15.5. The molecule has 1 atom stereocenters. The van der Waals surface area contributed by atoms with Gasteiger partial charge in [0.15, 0.2) is 0 Å². The molecule has 5 nitrogen and oxygen atoms in total. The van der Waals surface area contributed by atoms with E-state index in [2.05, 4.69) is 21.8 Å². The first-order chi connectivity index (χ1) is 13.1. The zero-order valence-corrected chi connectivity index (χ0v) is 15.5. The van der Waals surface area contributed by atoms with Crippen molar-refractivity contribution in [1.82, 2.24) is 10.3 Å². The van der Waals surface area contributed by atoms with Crippen LogP contribution in [0.4, 0.5) is 15.0 Å². The fourth-order valence-electron chi connectivity index (χ4n) is 3.26. The van der Waals surface area contributed by atoms with E-state index in [1.54, 1.807) is 18.3 Å². The van der Waals surface area contributed by atoms with Gasteiger partial charge in [-0.2, -0.15) is 0 Å². The second-order valence-electron chi connectivity index (χ2n) is 6.63. The number of carbonyl (C=O) groups excluding carboxylic acids is 1. The molecule has 1 aliphatic rings. The Morgan fingerprint density at radius 3 is 3.11 bits per heavy atom. The number of amides is 1. The Hall–Kier alpha value is -2.89. The maximum atomic E-state index is 13.7. The van der Waals surface area contributed by atoms with Gasteiger partial charge in [0.2, 0.25) is 0 Å². The molecule has 1 N–H and O–H groups in total. The Bertz CT molecular complexity index is 866. The van der Waals surface area contributed by atoms with Gasteiger partial charge in [-0.05, 0) is 48.4 Å². The summed E-state index contributed by atoms with van der Waals surface area (Å²) in [6.45, 7) is 7.88. The lowest BCUT2D eigenvalue weighted by molar-refractivity contribution is 0.155. The van der Waals surface area contributed by atoms with Gasteiger partial charge in [-0.1, -0.05) is 24.8 Å². The van der Waals surface area contributed by atoms with Crippen LogP contribution in [0.25, 0.3) is 10.8 Å². The molecule has 1 aliphatic heterocycles. The van der Waals surface area contributed by atoms with Crippen LogP contribution in [0, 0.1) is 11.7 Å². The highest BCUT2D eigenvalue weighted by atomic mass is 19.1. The van der Waals surface area contributed by atoms with Gasteiger partial charge < -0.3 is 15.0 Å². The van der Waals surface area contributed by atoms with E-state index >= 15 is 0 Å². The third-order valence-corrected chi connectivity index (χ3v) is 4.83. The molecule has 2 heterocycles. The van der Waals surface area contributed by atoms with Crippen LogP contribution >= 0.6 is 0 Å². The minimum absolute atomic E-state index is 0.216. The number of carbonyl (C=O) groups is 1. The Balaban J connectivity index is 1.56. The van der Waals surface area contributed by atoms with Crippen molar-refractivity contribution in [2.75, 3.05) is 31.1 Å². The summed E-state index contributed by atoms with van der Waals surface area (Å²) in [7, 11) is 0. The van der Waals surface area contributed by atoms with Gasteiger partial charge >= 0.3 is 6.09 Å². The van der Waals surface area contributed by atoms with Gasteiger partial charge in [-0.3, -0.25) is 0 Å². The number of halogens is 1. The molecule has 2 aromatic rings. The van der Waals surface area contributed by atoms with Crippen LogP contribution in [0.1, 0.15) is 13.3 Å². The number of hydrogen-bond acceptors (Lipinski definition) is 4. The predicted octanol–water partition coefficient (Wildman–Crippen LogP) is 4.06. The van der Waals surface area contributed by atoms with Crippen LogP contribution in [0.3, 0.4) is 0 Å². The quantitative estimate of drug-likeness (QED) is 0.780. The van der Waals surface area contributed by atoms with Crippen molar-refractivity contribution in [3.8, 4) is 0 Å². The second kappa shape index (κ2) is 8.66. The molecule has 6 heteroatoms. The Morgan fingerprint density at radius 1 is 1.48 bits per heavy atom. The van der Waals surface area contributed by atoms with Crippen molar-refractivity contribution in [3.63, 3.8) is 0 Å². The Labute approximate surface area is 158 Å². The summed E-state index contributed by atoms with van der Waals surface area (Å²) in [5.41, 5.74) is 0.867. The average molecular weight is 369 g/mol. The number of alkyl carbamates (subject to hydrolysis) is 1. The molecule has 0 saturated carbocycles. The molecule has 0 bridgehead atoms. The van der Waals surface area contributed by atoms with Crippen molar-refractivity contribution in [1.29, 1.82) is 0 Å². The molecule has 1 unspecified atom stereocenters. The second-order valence-corrected chi connectivity index (χ2v) is 6.63. The van der Waals surface area contributed by atoms with Crippen LogP contribution in [0.2, 0.25) is 0 Å². The molecule has 1 aromatic heterocycles.